The van der Waals surface area contributed by atoms with Gasteiger partial charge in [-0.15, -0.1) is 0 Å². The van der Waals surface area contributed by atoms with Crippen molar-refractivity contribution < 1.29 is 42.7 Å². The molecule has 0 bridgehead atoms. The van der Waals surface area contributed by atoms with Gasteiger partial charge in [-0.3, -0.25) is 0 Å². The van der Waals surface area contributed by atoms with Crippen molar-refractivity contribution in [3.63, 3.8) is 0 Å². The molecule has 4 aliphatic rings. The van der Waals surface area contributed by atoms with Crippen LogP contribution in [0.15, 0.2) is 22.5 Å². The number of nitrogens with one attached hydrogen (secondary N) is 1. The van der Waals surface area contributed by atoms with Gasteiger partial charge in [0, 0.05) is 11.4 Å². The van der Waals surface area contributed by atoms with Crippen LogP contribution in [0.2, 0.25) is 0 Å². The summed E-state index contributed by atoms with van der Waals surface area (Å²) in [5.41, 5.74) is 1.70. The van der Waals surface area contributed by atoms with Gasteiger partial charge < -0.3 is 38.5 Å². The third kappa shape index (κ3) is 4.37. The molecule has 0 aromatic rings. The predicted molar refractivity (Wildman–Crippen MR) is 118 cm³/mol. The Morgan fingerprint density at radius 3 is 1.71 bits per heavy atom. The number of hydrogen-bond acceptors (Lipinski definition) is 10. The first-order valence-electron chi connectivity index (χ1n) is 11.8. The maximum absolute atomic E-state index is 13.2. The van der Waals surface area contributed by atoms with E-state index in [9.17, 15) is 9.59 Å². The van der Waals surface area contributed by atoms with E-state index in [0.29, 0.717) is 11.4 Å². The van der Waals surface area contributed by atoms with Gasteiger partial charge in [-0.05, 0) is 55.4 Å². The lowest BCUT2D eigenvalue weighted by Gasteiger charge is -2.43. The van der Waals surface area contributed by atoms with Gasteiger partial charge in [-0.1, -0.05) is 0 Å². The molecule has 0 spiro atoms. The molecule has 10 heteroatoms. The topological polar surface area (TPSA) is 111 Å². The van der Waals surface area contributed by atoms with Gasteiger partial charge in [0.05, 0.1) is 30.3 Å². The van der Waals surface area contributed by atoms with Crippen LogP contribution in [0.25, 0.3) is 0 Å². The molecular weight excluding hydrogens is 446 g/mol. The molecule has 190 valence electrons. The summed E-state index contributed by atoms with van der Waals surface area (Å²) in [6, 6.07) is 0. The minimum Gasteiger partial charge on any atom is -0.463 e. The van der Waals surface area contributed by atoms with Crippen molar-refractivity contribution in [3.05, 3.63) is 22.5 Å². The lowest BCUT2D eigenvalue weighted by atomic mass is 9.77. The summed E-state index contributed by atoms with van der Waals surface area (Å²) in [7, 11) is 0. The van der Waals surface area contributed by atoms with Gasteiger partial charge in [-0.25, -0.2) is 9.59 Å². The summed E-state index contributed by atoms with van der Waals surface area (Å²) in [6.45, 7) is 14.6. The zero-order chi connectivity index (χ0) is 25.0. The summed E-state index contributed by atoms with van der Waals surface area (Å²) in [5, 5.41) is 3.14. The van der Waals surface area contributed by atoms with Crippen LogP contribution in [0.4, 0.5) is 0 Å². The molecular formula is C24H35NO9. The summed E-state index contributed by atoms with van der Waals surface area (Å²) in [5.74, 6) is -3.75. The molecule has 0 aromatic carbocycles. The maximum Gasteiger partial charge on any atom is 0.336 e. The monoisotopic (exact) mass is 481 g/mol. The summed E-state index contributed by atoms with van der Waals surface area (Å²) in [6.07, 6.45) is -3.31. The molecule has 3 saturated heterocycles. The second kappa shape index (κ2) is 8.91. The van der Waals surface area contributed by atoms with Gasteiger partial charge in [0.1, 0.15) is 24.4 Å². The summed E-state index contributed by atoms with van der Waals surface area (Å²) in [4.78, 5) is 26.3. The molecule has 34 heavy (non-hydrogen) atoms. The molecule has 3 fully saturated rings. The molecule has 0 aromatic heterocycles. The third-order valence-electron chi connectivity index (χ3n) is 6.31. The zero-order valence-corrected chi connectivity index (χ0v) is 21.1. The van der Waals surface area contributed by atoms with E-state index in [1.165, 1.54) is 0 Å². The molecule has 10 nitrogen and oxygen atoms in total. The second-order valence-corrected chi connectivity index (χ2v) is 9.75. The smallest absolute Gasteiger partial charge is 0.336 e. The van der Waals surface area contributed by atoms with Gasteiger partial charge >= 0.3 is 11.9 Å². The number of ether oxygens (including phenoxy) is 7. The lowest BCUT2D eigenvalue weighted by Crippen LogP contribution is -2.59. The number of esters is 2. The van der Waals surface area contributed by atoms with Crippen LogP contribution in [0.3, 0.4) is 0 Å². The van der Waals surface area contributed by atoms with Crippen LogP contribution in [-0.4, -0.2) is 67.4 Å². The van der Waals surface area contributed by atoms with Crippen LogP contribution in [0.5, 0.6) is 0 Å². The van der Waals surface area contributed by atoms with Crippen LogP contribution in [0, 0.1) is 5.92 Å². The fourth-order valence-electron chi connectivity index (χ4n) is 5.24. The van der Waals surface area contributed by atoms with Crippen LogP contribution < -0.4 is 5.32 Å². The SMILES string of the molecule is CCOC(=O)C1=C(C)NC(C)=C(C(=O)OCC)C1C1O[C@@H]2OC(C)(C)O[C@@H]2[C@@H]2OC(C)(C)O[C@@H]12. The molecule has 1 N–H and O–H groups in total. The highest BCUT2D eigenvalue weighted by atomic mass is 16.9. The normalized spacial score (nSPS) is 34.4. The Kier molecular flexibility index (Phi) is 6.58. The Morgan fingerprint density at radius 1 is 0.765 bits per heavy atom. The molecule has 4 rings (SSSR count). The van der Waals surface area contributed by atoms with E-state index in [-0.39, 0.29) is 24.4 Å². The van der Waals surface area contributed by atoms with Crippen molar-refractivity contribution in [2.75, 3.05) is 13.2 Å². The highest BCUT2D eigenvalue weighted by molar-refractivity contribution is 5.98. The van der Waals surface area contributed by atoms with E-state index in [1.807, 2.05) is 13.8 Å². The lowest BCUT2D eigenvalue weighted by molar-refractivity contribution is -0.240. The first-order valence-corrected chi connectivity index (χ1v) is 11.8. The fourth-order valence-corrected chi connectivity index (χ4v) is 5.24. The highest BCUT2D eigenvalue weighted by Gasteiger charge is 2.63. The van der Waals surface area contributed by atoms with Crippen molar-refractivity contribution in [2.24, 2.45) is 5.92 Å². The van der Waals surface area contributed by atoms with Crippen molar-refractivity contribution >= 4 is 11.9 Å². The number of carbonyl (C=O) groups excluding carboxylic acids is 2. The average Bonchev–Trinajstić information content (AvgIpc) is 3.20. The average molecular weight is 482 g/mol. The molecule has 0 aliphatic carbocycles. The fraction of sp³-hybridized carbons (Fsp3) is 0.750. The van der Waals surface area contributed by atoms with Crippen molar-refractivity contribution in [2.45, 2.75) is 97.7 Å². The van der Waals surface area contributed by atoms with Crippen molar-refractivity contribution in [1.82, 2.24) is 5.32 Å². The second-order valence-electron chi connectivity index (χ2n) is 9.75. The largest absolute Gasteiger partial charge is 0.463 e. The Labute approximate surface area is 199 Å². The van der Waals surface area contributed by atoms with Gasteiger partial charge in [0.25, 0.3) is 0 Å². The number of fused-ring (bicyclic) bond motifs is 3. The third-order valence-corrected chi connectivity index (χ3v) is 6.31. The molecule has 0 saturated carbocycles. The van der Waals surface area contributed by atoms with Gasteiger partial charge in [0.15, 0.2) is 17.9 Å². The summed E-state index contributed by atoms with van der Waals surface area (Å²) < 4.78 is 41.8. The molecule has 0 radical (unpaired) electrons. The Morgan fingerprint density at radius 2 is 1.21 bits per heavy atom. The Bertz CT molecular complexity index is 881. The van der Waals surface area contributed by atoms with E-state index in [0.717, 1.165) is 0 Å². The summed E-state index contributed by atoms with van der Waals surface area (Å²) >= 11 is 0. The van der Waals surface area contributed by atoms with Gasteiger partial charge in [0.2, 0.25) is 0 Å². The van der Waals surface area contributed by atoms with Crippen LogP contribution >= 0.6 is 0 Å². The highest BCUT2D eigenvalue weighted by Crippen LogP contribution is 2.48. The predicted octanol–water partition coefficient (Wildman–Crippen LogP) is 2.28. The van der Waals surface area contributed by atoms with Crippen molar-refractivity contribution in [1.29, 1.82) is 0 Å². The van der Waals surface area contributed by atoms with E-state index in [2.05, 4.69) is 5.32 Å². The number of dihydropyridines is 1. The molecule has 4 aliphatic heterocycles. The van der Waals surface area contributed by atoms with E-state index in [4.69, 9.17) is 33.2 Å². The van der Waals surface area contributed by atoms with E-state index >= 15 is 0 Å². The minimum atomic E-state index is -0.930. The molecule has 0 amide bonds. The van der Waals surface area contributed by atoms with Gasteiger partial charge in [-0.2, -0.15) is 0 Å². The first-order chi connectivity index (χ1) is 15.9. The maximum atomic E-state index is 13.2. The van der Waals surface area contributed by atoms with E-state index in [1.54, 1.807) is 41.5 Å². The molecule has 1 unspecified atom stereocenters. The van der Waals surface area contributed by atoms with Crippen LogP contribution in [0.1, 0.15) is 55.4 Å². The first kappa shape index (κ1) is 25.1. The molecule has 4 heterocycles. The molecule has 5 atom stereocenters. The van der Waals surface area contributed by atoms with Crippen molar-refractivity contribution in [3.8, 4) is 0 Å². The Balaban J connectivity index is 1.83. The number of rotatable bonds is 5. The van der Waals surface area contributed by atoms with E-state index < -0.39 is 60.1 Å². The quantitative estimate of drug-likeness (QED) is 0.587. The Hall–Kier alpha value is -1.98. The number of carbonyl (C=O) groups is 2. The standard InChI is InChI=1S/C24H35NO9/c1-9-28-20(26)13-11(3)25-12(4)14(21(27)29-10-2)15(13)16-17-18(32-23(5,6)31-17)19-22(30-16)34-24(7,8)33-19/h15-19,22,25H,9-10H2,1-8H3/t16?,17-,18+,19+,22+/m0/s1. The zero-order valence-electron chi connectivity index (χ0n) is 21.1. The number of hydrogen-bond donors (Lipinski definition) is 1. The minimum absolute atomic E-state index is 0.180. The number of allylic oxidation sites excluding steroid dienone is 2. The van der Waals surface area contributed by atoms with Crippen LogP contribution in [-0.2, 0) is 42.7 Å².